The number of nitro groups is 1. The summed E-state index contributed by atoms with van der Waals surface area (Å²) in [6.07, 6.45) is 5.37. The van der Waals surface area contributed by atoms with Gasteiger partial charge in [0.15, 0.2) is 6.79 Å². The van der Waals surface area contributed by atoms with Gasteiger partial charge in [0.1, 0.15) is 18.2 Å². The van der Waals surface area contributed by atoms with E-state index in [-0.39, 0.29) is 49.9 Å². The van der Waals surface area contributed by atoms with Gasteiger partial charge >= 0.3 is 0 Å². The van der Waals surface area contributed by atoms with Gasteiger partial charge in [-0.05, 0) is 12.8 Å². The number of carbonyl (C=O) groups is 1. The highest BCUT2D eigenvalue weighted by molar-refractivity contribution is 5.98. The molecule has 1 aromatic carbocycles. The average Bonchev–Trinajstić information content (AvgIpc) is 2.68. The predicted molar refractivity (Wildman–Crippen MR) is 99.4 cm³/mol. The van der Waals surface area contributed by atoms with Crippen LogP contribution in [0.2, 0.25) is 0 Å². The molecule has 2 aliphatic rings. The number of rotatable bonds is 7. The van der Waals surface area contributed by atoms with E-state index in [1.165, 1.54) is 18.6 Å². The molecule has 3 rings (SSSR count). The van der Waals surface area contributed by atoms with Crippen molar-refractivity contribution in [2.45, 2.75) is 57.8 Å². The average molecular weight is 392 g/mol. The van der Waals surface area contributed by atoms with Crippen molar-refractivity contribution in [1.82, 2.24) is 5.32 Å². The summed E-state index contributed by atoms with van der Waals surface area (Å²) in [6.45, 7) is 0.205. The van der Waals surface area contributed by atoms with Crippen LogP contribution in [0, 0.1) is 10.1 Å². The normalized spacial score (nSPS) is 17.4. The van der Waals surface area contributed by atoms with E-state index in [4.69, 9.17) is 20.0 Å². The van der Waals surface area contributed by atoms with Crippen LogP contribution in [0.5, 0.6) is 5.75 Å². The first-order valence-electron chi connectivity index (χ1n) is 9.27. The number of oxime groups is 1. The summed E-state index contributed by atoms with van der Waals surface area (Å²) in [5, 5.41) is 17.8. The highest BCUT2D eigenvalue weighted by Crippen LogP contribution is 2.33. The molecule has 0 saturated heterocycles. The number of non-ortho nitro benzene ring substituents is 1. The summed E-state index contributed by atoms with van der Waals surface area (Å²) in [5.41, 5.74) is 6.72. The van der Waals surface area contributed by atoms with Crippen LogP contribution in [0.3, 0.4) is 0 Å². The lowest BCUT2D eigenvalue weighted by molar-refractivity contribution is -0.385. The number of carbonyl (C=O) groups excluding carboxylic acids is 1. The number of nitrogens with two attached hydrogens (primary N) is 1. The van der Waals surface area contributed by atoms with E-state index in [0.29, 0.717) is 16.9 Å². The Morgan fingerprint density at radius 1 is 1.36 bits per heavy atom. The molecule has 3 N–H and O–H groups in total. The summed E-state index contributed by atoms with van der Waals surface area (Å²) in [5.74, 6) is 0.336. The summed E-state index contributed by atoms with van der Waals surface area (Å²) >= 11 is 0. The standard InChI is InChI=1S/C18H24N4O6/c19-16(8-17(23)20-14-4-2-1-3-5-14)21-28-10-13-7-15(22(24)25)6-12-9-26-11-27-18(12)13/h6-7,14H,1-5,8-11H2,(H2,19,21)(H,20,23). The zero-order chi connectivity index (χ0) is 19.9. The predicted octanol–water partition coefficient (Wildman–Crippen LogP) is 2.09. The highest BCUT2D eigenvalue weighted by Gasteiger charge is 2.21. The van der Waals surface area contributed by atoms with Gasteiger partial charge in [0.2, 0.25) is 5.91 Å². The lowest BCUT2D eigenvalue weighted by Gasteiger charge is -2.22. The zero-order valence-corrected chi connectivity index (χ0v) is 15.5. The van der Waals surface area contributed by atoms with E-state index < -0.39 is 4.92 Å². The number of nitro benzene ring substituents is 1. The third-order valence-corrected chi connectivity index (χ3v) is 4.70. The maximum atomic E-state index is 12.0. The van der Waals surface area contributed by atoms with Gasteiger partial charge in [0.05, 0.1) is 18.0 Å². The molecule has 28 heavy (non-hydrogen) atoms. The molecule has 0 unspecified atom stereocenters. The molecule has 10 heteroatoms. The van der Waals surface area contributed by atoms with Gasteiger partial charge in [-0.25, -0.2) is 0 Å². The second-order valence-electron chi connectivity index (χ2n) is 6.90. The van der Waals surface area contributed by atoms with E-state index in [9.17, 15) is 14.9 Å². The summed E-state index contributed by atoms with van der Waals surface area (Å²) < 4.78 is 10.6. The van der Waals surface area contributed by atoms with Gasteiger partial charge in [-0.2, -0.15) is 0 Å². The Morgan fingerprint density at radius 3 is 2.89 bits per heavy atom. The van der Waals surface area contributed by atoms with E-state index in [2.05, 4.69) is 10.5 Å². The van der Waals surface area contributed by atoms with Crippen LogP contribution in [0.4, 0.5) is 5.69 Å². The largest absolute Gasteiger partial charge is 0.467 e. The van der Waals surface area contributed by atoms with Crippen molar-refractivity contribution in [3.05, 3.63) is 33.4 Å². The Kier molecular flexibility index (Phi) is 6.64. The fraction of sp³-hybridized carbons (Fsp3) is 0.556. The third-order valence-electron chi connectivity index (χ3n) is 4.70. The number of amides is 1. The van der Waals surface area contributed by atoms with E-state index >= 15 is 0 Å². The van der Waals surface area contributed by atoms with Crippen LogP contribution in [-0.2, 0) is 27.6 Å². The molecule has 1 amide bonds. The van der Waals surface area contributed by atoms with Crippen molar-refractivity contribution in [3.63, 3.8) is 0 Å². The lowest BCUT2D eigenvalue weighted by atomic mass is 9.95. The van der Waals surface area contributed by atoms with Crippen molar-refractivity contribution in [3.8, 4) is 5.75 Å². The number of hydrogen-bond donors (Lipinski definition) is 2. The minimum atomic E-state index is -0.494. The van der Waals surface area contributed by atoms with Gasteiger partial charge in [0.25, 0.3) is 5.69 Å². The number of benzene rings is 1. The van der Waals surface area contributed by atoms with Gasteiger partial charge in [0, 0.05) is 29.3 Å². The third kappa shape index (κ3) is 5.32. The Labute approximate surface area is 162 Å². The maximum absolute atomic E-state index is 12.0. The van der Waals surface area contributed by atoms with Crippen LogP contribution < -0.4 is 15.8 Å². The monoisotopic (exact) mass is 392 g/mol. The minimum Gasteiger partial charge on any atom is -0.467 e. The van der Waals surface area contributed by atoms with E-state index in [1.807, 2.05) is 0 Å². The molecule has 152 valence electrons. The molecule has 1 aliphatic carbocycles. The van der Waals surface area contributed by atoms with Crippen LogP contribution in [0.15, 0.2) is 17.3 Å². The first-order chi connectivity index (χ1) is 13.5. The summed E-state index contributed by atoms with van der Waals surface area (Å²) in [7, 11) is 0. The first kappa shape index (κ1) is 19.9. The van der Waals surface area contributed by atoms with Crippen LogP contribution in [0.1, 0.15) is 49.7 Å². The SMILES string of the molecule is N/C(CC(=O)NC1CCCCC1)=N/OCc1cc([N+](=O)[O-])cc2c1OCOC2. The molecule has 1 aliphatic heterocycles. The van der Waals surface area contributed by atoms with E-state index in [1.54, 1.807) is 0 Å². The van der Waals surface area contributed by atoms with Gasteiger partial charge in [-0.3, -0.25) is 14.9 Å². The van der Waals surface area contributed by atoms with Gasteiger partial charge < -0.3 is 25.4 Å². The second-order valence-corrected chi connectivity index (χ2v) is 6.90. The van der Waals surface area contributed by atoms with Crippen LogP contribution in [0.25, 0.3) is 0 Å². The fourth-order valence-corrected chi connectivity index (χ4v) is 3.40. The Morgan fingerprint density at radius 2 is 2.14 bits per heavy atom. The molecular weight excluding hydrogens is 368 g/mol. The first-order valence-corrected chi connectivity index (χ1v) is 9.27. The number of fused-ring (bicyclic) bond motifs is 1. The smallest absolute Gasteiger partial charge is 0.270 e. The Hall–Kier alpha value is -2.88. The maximum Gasteiger partial charge on any atom is 0.270 e. The molecule has 1 saturated carbocycles. The summed E-state index contributed by atoms with van der Waals surface area (Å²) in [4.78, 5) is 27.8. The molecule has 0 atom stereocenters. The molecule has 1 heterocycles. The van der Waals surface area contributed by atoms with E-state index in [0.717, 1.165) is 25.7 Å². The fourth-order valence-electron chi connectivity index (χ4n) is 3.40. The topological polar surface area (TPSA) is 138 Å². The molecule has 0 aromatic heterocycles. The number of amidine groups is 1. The minimum absolute atomic E-state index is 0.0388. The summed E-state index contributed by atoms with van der Waals surface area (Å²) in [6, 6.07) is 2.97. The Bertz CT molecular complexity index is 761. The quantitative estimate of drug-likeness (QED) is 0.313. The van der Waals surface area contributed by atoms with Gasteiger partial charge in [-0.1, -0.05) is 24.4 Å². The lowest BCUT2D eigenvalue weighted by Crippen LogP contribution is -2.38. The molecule has 10 nitrogen and oxygen atoms in total. The second kappa shape index (κ2) is 9.36. The Balaban J connectivity index is 1.56. The molecule has 1 fully saturated rings. The molecule has 1 aromatic rings. The van der Waals surface area contributed by atoms with Crippen molar-refractivity contribution in [2.75, 3.05) is 6.79 Å². The van der Waals surface area contributed by atoms with Crippen LogP contribution >= 0.6 is 0 Å². The zero-order valence-electron chi connectivity index (χ0n) is 15.5. The molecular formula is C18H24N4O6. The van der Waals surface area contributed by atoms with Crippen molar-refractivity contribution in [2.24, 2.45) is 10.9 Å². The number of hydrogen-bond acceptors (Lipinski definition) is 7. The highest BCUT2D eigenvalue weighted by atomic mass is 16.7. The van der Waals surface area contributed by atoms with Crippen molar-refractivity contribution < 1.29 is 24.0 Å². The number of ether oxygens (including phenoxy) is 2. The number of nitrogens with zero attached hydrogens (tertiary/aromatic N) is 2. The molecule has 0 spiro atoms. The van der Waals surface area contributed by atoms with Crippen LogP contribution in [-0.4, -0.2) is 29.5 Å². The molecule has 0 bridgehead atoms. The van der Waals surface area contributed by atoms with Crippen molar-refractivity contribution >= 4 is 17.4 Å². The van der Waals surface area contributed by atoms with Crippen molar-refractivity contribution in [1.29, 1.82) is 0 Å². The number of nitrogens with one attached hydrogen (secondary N) is 1. The molecule has 0 radical (unpaired) electrons. The van der Waals surface area contributed by atoms with Gasteiger partial charge in [-0.15, -0.1) is 0 Å².